The van der Waals surface area contributed by atoms with Gasteiger partial charge in [0, 0.05) is 44.7 Å². The first-order valence-electron chi connectivity index (χ1n) is 9.61. The topological polar surface area (TPSA) is 58.8 Å². The van der Waals surface area contributed by atoms with Gasteiger partial charge in [-0.1, -0.05) is 30.3 Å². The number of hydrogen-bond acceptors (Lipinski definition) is 4. The van der Waals surface area contributed by atoms with E-state index in [9.17, 15) is 4.79 Å². The molecule has 0 bridgehead atoms. The number of piperidine rings is 1. The van der Waals surface area contributed by atoms with Crippen LogP contribution in [0.4, 0.5) is 0 Å². The molecule has 5 nitrogen and oxygen atoms in total. The van der Waals surface area contributed by atoms with Crippen molar-refractivity contribution in [3.05, 3.63) is 35.9 Å². The Morgan fingerprint density at radius 2 is 1.77 bits per heavy atom. The van der Waals surface area contributed by atoms with Gasteiger partial charge in [0.15, 0.2) is 0 Å². The molecule has 0 radical (unpaired) electrons. The predicted molar refractivity (Wildman–Crippen MR) is 107 cm³/mol. The lowest BCUT2D eigenvalue weighted by Crippen LogP contribution is -2.50. The molecule has 1 aromatic carbocycles. The Morgan fingerprint density at radius 1 is 1.12 bits per heavy atom. The number of halogens is 1. The standard InChI is InChI=1S/C20H31N3O2.ClH/c21-18(16-17-4-2-1-3-5-17)6-7-20(24)23-10-8-19(9-11-23)22-12-14-25-15-13-22;/h1-5,18-19H,6-16,21H2;1H/t18-;/m0./s1. The fourth-order valence-electron chi connectivity index (χ4n) is 3.91. The lowest BCUT2D eigenvalue weighted by molar-refractivity contribution is -0.133. The van der Waals surface area contributed by atoms with Crippen LogP contribution < -0.4 is 5.73 Å². The second-order valence-electron chi connectivity index (χ2n) is 7.25. The Labute approximate surface area is 163 Å². The molecule has 2 N–H and O–H groups in total. The van der Waals surface area contributed by atoms with Crippen molar-refractivity contribution in [1.29, 1.82) is 0 Å². The minimum absolute atomic E-state index is 0. The maximum atomic E-state index is 12.5. The number of ether oxygens (including phenoxy) is 1. The normalized spacial score (nSPS) is 20.4. The van der Waals surface area contributed by atoms with Gasteiger partial charge in [0.25, 0.3) is 0 Å². The number of hydrogen-bond donors (Lipinski definition) is 1. The van der Waals surface area contributed by atoms with Crippen LogP contribution in [0.25, 0.3) is 0 Å². The van der Waals surface area contributed by atoms with Crippen LogP contribution >= 0.6 is 12.4 Å². The molecule has 0 aromatic heterocycles. The maximum Gasteiger partial charge on any atom is 0.222 e. The van der Waals surface area contributed by atoms with Crippen molar-refractivity contribution in [2.75, 3.05) is 39.4 Å². The molecule has 1 atom stereocenters. The highest BCUT2D eigenvalue weighted by Crippen LogP contribution is 2.19. The monoisotopic (exact) mass is 381 g/mol. The first-order valence-corrected chi connectivity index (χ1v) is 9.61. The van der Waals surface area contributed by atoms with Crippen molar-refractivity contribution in [3.63, 3.8) is 0 Å². The quantitative estimate of drug-likeness (QED) is 0.819. The molecular weight excluding hydrogens is 350 g/mol. The van der Waals surface area contributed by atoms with Gasteiger partial charge in [-0.3, -0.25) is 9.69 Å². The zero-order chi connectivity index (χ0) is 17.5. The average Bonchev–Trinajstić information content (AvgIpc) is 2.68. The number of nitrogens with zero attached hydrogens (tertiary/aromatic N) is 2. The van der Waals surface area contributed by atoms with E-state index in [2.05, 4.69) is 17.0 Å². The molecule has 1 aromatic rings. The molecule has 6 heteroatoms. The van der Waals surface area contributed by atoms with E-state index in [1.807, 2.05) is 23.1 Å². The van der Waals surface area contributed by atoms with Gasteiger partial charge in [0.05, 0.1) is 13.2 Å². The Kier molecular flexibility index (Phi) is 8.85. The van der Waals surface area contributed by atoms with Crippen LogP contribution in [-0.4, -0.2) is 67.2 Å². The minimum Gasteiger partial charge on any atom is -0.379 e. The van der Waals surface area contributed by atoms with Gasteiger partial charge in [-0.05, 0) is 31.2 Å². The third-order valence-corrected chi connectivity index (χ3v) is 5.45. The van der Waals surface area contributed by atoms with Gasteiger partial charge in [0.1, 0.15) is 0 Å². The Balaban J connectivity index is 0.00000243. The predicted octanol–water partition coefficient (Wildman–Crippen LogP) is 2.08. The van der Waals surface area contributed by atoms with Gasteiger partial charge >= 0.3 is 0 Å². The smallest absolute Gasteiger partial charge is 0.222 e. The number of amides is 1. The van der Waals surface area contributed by atoms with E-state index < -0.39 is 0 Å². The fourth-order valence-corrected chi connectivity index (χ4v) is 3.91. The van der Waals surface area contributed by atoms with E-state index in [0.717, 1.165) is 65.1 Å². The summed E-state index contributed by atoms with van der Waals surface area (Å²) in [6.07, 6.45) is 4.34. The van der Waals surface area contributed by atoms with Crippen LogP contribution in [0.5, 0.6) is 0 Å². The van der Waals surface area contributed by atoms with E-state index in [0.29, 0.717) is 12.5 Å². The molecular formula is C20H32ClN3O2. The van der Waals surface area contributed by atoms with E-state index in [-0.39, 0.29) is 24.4 Å². The first-order chi connectivity index (χ1) is 12.2. The van der Waals surface area contributed by atoms with Crippen LogP contribution in [-0.2, 0) is 16.0 Å². The van der Waals surface area contributed by atoms with Crippen LogP contribution in [0, 0.1) is 0 Å². The van der Waals surface area contributed by atoms with Crippen molar-refractivity contribution < 1.29 is 9.53 Å². The molecule has 2 aliphatic rings. The summed E-state index contributed by atoms with van der Waals surface area (Å²) in [5.74, 6) is 0.268. The Hall–Kier alpha value is -1.14. The molecule has 0 spiro atoms. The SMILES string of the molecule is Cl.N[C@@H](CCC(=O)N1CCC(N2CCOCC2)CC1)Cc1ccccc1. The zero-order valence-corrected chi connectivity index (χ0v) is 16.3. The molecule has 3 rings (SSSR count). The van der Waals surface area contributed by atoms with Crippen LogP contribution in [0.1, 0.15) is 31.2 Å². The molecule has 2 aliphatic heterocycles. The summed E-state index contributed by atoms with van der Waals surface area (Å²) >= 11 is 0. The summed E-state index contributed by atoms with van der Waals surface area (Å²) in [4.78, 5) is 17.0. The molecule has 0 saturated carbocycles. The first kappa shape index (κ1) is 21.2. The second-order valence-corrected chi connectivity index (χ2v) is 7.25. The summed E-state index contributed by atoms with van der Waals surface area (Å²) in [5, 5.41) is 0. The van der Waals surface area contributed by atoms with E-state index in [1.165, 1.54) is 5.56 Å². The highest BCUT2D eigenvalue weighted by molar-refractivity contribution is 5.85. The van der Waals surface area contributed by atoms with Gasteiger partial charge in [-0.25, -0.2) is 0 Å². The molecule has 26 heavy (non-hydrogen) atoms. The van der Waals surface area contributed by atoms with Crippen molar-refractivity contribution in [1.82, 2.24) is 9.80 Å². The molecule has 0 aliphatic carbocycles. The average molecular weight is 382 g/mol. The number of morpholine rings is 1. The zero-order valence-electron chi connectivity index (χ0n) is 15.5. The van der Waals surface area contributed by atoms with E-state index in [1.54, 1.807) is 0 Å². The van der Waals surface area contributed by atoms with Gasteiger partial charge < -0.3 is 15.4 Å². The Morgan fingerprint density at radius 3 is 2.42 bits per heavy atom. The third-order valence-electron chi connectivity index (χ3n) is 5.45. The van der Waals surface area contributed by atoms with Crippen molar-refractivity contribution in [3.8, 4) is 0 Å². The molecule has 1 amide bonds. The molecule has 146 valence electrons. The number of carbonyl (C=O) groups excluding carboxylic acids is 1. The van der Waals surface area contributed by atoms with Crippen LogP contribution in [0.3, 0.4) is 0 Å². The summed E-state index contributed by atoms with van der Waals surface area (Å²) < 4.78 is 5.43. The third kappa shape index (κ3) is 6.23. The summed E-state index contributed by atoms with van der Waals surface area (Å²) in [6, 6.07) is 10.9. The minimum atomic E-state index is 0. The number of carbonyl (C=O) groups is 1. The van der Waals surface area contributed by atoms with Gasteiger partial charge in [-0.2, -0.15) is 0 Å². The van der Waals surface area contributed by atoms with Crippen LogP contribution in [0.15, 0.2) is 30.3 Å². The largest absolute Gasteiger partial charge is 0.379 e. The Bertz CT molecular complexity index is 529. The summed E-state index contributed by atoms with van der Waals surface area (Å²) in [7, 11) is 0. The van der Waals surface area contributed by atoms with Crippen LogP contribution in [0.2, 0.25) is 0 Å². The number of benzene rings is 1. The summed E-state index contributed by atoms with van der Waals surface area (Å²) in [6.45, 7) is 5.53. The molecule has 0 unspecified atom stereocenters. The van der Waals surface area contributed by atoms with E-state index in [4.69, 9.17) is 10.5 Å². The number of rotatable bonds is 6. The lowest BCUT2D eigenvalue weighted by Gasteiger charge is -2.40. The highest BCUT2D eigenvalue weighted by atomic mass is 35.5. The lowest BCUT2D eigenvalue weighted by atomic mass is 10.00. The highest BCUT2D eigenvalue weighted by Gasteiger charge is 2.27. The number of likely N-dealkylation sites (tertiary alicyclic amines) is 1. The van der Waals surface area contributed by atoms with Crippen molar-refractivity contribution in [2.24, 2.45) is 5.73 Å². The summed E-state index contributed by atoms with van der Waals surface area (Å²) in [5.41, 5.74) is 7.46. The fraction of sp³-hybridized carbons (Fsp3) is 0.650. The number of nitrogens with two attached hydrogens (primary N) is 1. The van der Waals surface area contributed by atoms with E-state index >= 15 is 0 Å². The molecule has 2 saturated heterocycles. The molecule has 2 heterocycles. The van der Waals surface area contributed by atoms with Gasteiger partial charge in [0.2, 0.25) is 5.91 Å². The van der Waals surface area contributed by atoms with Gasteiger partial charge in [-0.15, -0.1) is 12.4 Å². The van der Waals surface area contributed by atoms with Crippen molar-refractivity contribution >= 4 is 18.3 Å². The second kappa shape index (κ2) is 10.9. The molecule has 2 fully saturated rings. The van der Waals surface area contributed by atoms with Crippen molar-refractivity contribution in [2.45, 2.75) is 44.2 Å². The maximum absolute atomic E-state index is 12.5.